The minimum absolute atomic E-state index is 0.0742. The van der Waals surface area contributed by atoms with Crippen LogP contribution >= 0.6 is 0 Å². The van der Waals surface area contributed by atoms with E-state index in [1.807, 2.05) is 36.4 Å². The van der Waals surface area contributed by atoms with Crippen LogP contribution in [0.1, 0.15) is 36.9 Å². The second-order valence-electron chi connectivity index (χ2n) is 6.97. The van der Waals surface area contributed by atoms with Crippen molar-refractivity contribution in [1.29, 1.82) is 10.5 Å². The Kier molecular flexibility index (Phi) is 6.73. The monoisotopic (exact) mass is 373 g/mol. The molecule has 2 aromatic rings. The van der Waals surface area contributed by atoms with Crippen molar-refractivity contribution < 1.29 is 4.79 Å². The Labute approximate surface area is 165 Å². The number of nitrogens with one attached hydrogen (secondary N) is 2. The van der Waals surface area contributed by atoms with Crippen LogP contribution in [0.15, 0.2) is 42.6 Å². The first-order chi connectivity index (χ1) is 13.7. The number of piperidine rings is 1. The molecular formula is C22H23N5O. The topological polar surface area (TPSA) is 102 Å². The first-order valence-corrected chi connectivity index (χ1v) is 9.58. The van der Waals surface area contributed by atoms with Crippen molar-refractivity contribution in [2.24, 2.45) is 0 Å². The van der Waals surface area contributed by atoms with Gasteiger partial charge in [-0.1, -0.05) is 30.7 Å². The molecule has 3 rings (SSSR count). The van der Waals surface area contributed by atoms with Gasteiger partial charge < -0.3 is 10.6 Å². The molecule has 6 heteroatoms. The molecule has 1 aromatic carbocycles. The second-order valence-corrected chi connectivity index (χ2v) is 6.97. The fraction of sp³-hybridized carbons (Fsp3) is 0.364. The molecule has 1 saturated heterocycles. The van der Waals surface area contributed by atoms with E-state index >= 15 is 0 Å². The number of carbonyl (C=O) groups excluding carboxylic acids is 1. The fourth-order valence-corrected chi connectivity index (χ4v) is 3.32. The molecule has 6 nitrogen and oxygen atoms in total. The minimum Gasteiger partial charge on any atom is -0.339 e. The van der Waals surface area contributed by atoms with E-state index in [9.17, 15) is 10.1 Å². The Morgan fingerprint density at radius 1 is 1.18 bits per heavy atom. The van der Waals surface area contributed by atoms with Crippen LogP contribution in [0, 0.1) is 22.7 Å². The lowest BCUT2D eigenvalue weighted by Crippen LogP contribution is -2.49. The van der Waals surface area contributed by atoms with Crippen molar-refractivity contribution in [1.82, 2.24) is 15.6 Å². The van der Waals surface area contributed by atoms with Gasteiger partial charge in [-0.2, -0.15) is 10.5 Å². The van der Waals surface area contributed by atoms with E-state index < -0.39 is 6.04 Å². The van der Waals surface area contributed by atoms with Crippen molar-refractivity contribution in [3.63, 3.8) is 0 Å². The number of benzene rings is 1. The van der Waals surface area contributed by atoms with E-state index in [4.69, 9.17) is 5.26 Å². The lowest BCUT2D eigenvalue weighted by molar-refractivity contribution is -0.124. The number of aromatic nitrogens is 1. The molecule has 0 radical (unpaired) electrons. The molecule has 0 aliphatic carbocycles. The highest BCUT2D eigenvalue weighted by atomic mass is 16.2. The van der Waals surface area contributed by atoms with Gasteiger partial charge in [-0.15, -0.1) is 0 Å². The summed E-state index contributed by atoms with van der Waals surface area (Å²) in [5, 5.41) is 24.3. The fourth-order valence-electron chi connectivity index (χ4n) is 3.32. The van der Waals surface area contributed by atoms with Crippen molar-refractivity contribution in [2.75, 3.05) is 6.54 Å². The smallest absolute Gasteiger partial charge is 0.238 e. The van der Waals surface area contributed by atoms with Crippen LogP contribution in [-0.2, 0) is 11.2 Å². The van der Waals surface area contributed by atoms with Crippen LogP contribution in [0.4, 0.5) is 0 Å². The Morgan fingerprint density at radius 2 is 1.96 bits per heavy atom. The molecule has 1 fully saturated rings. The summed E-state index contributed by atoms with van der Waals surface area (Å²) in [5.41, 5.74) is 3.48. The molecule has 1 aromatic heterocycles. The highest BCUT2D eigenvalue weighted by Crippen LogP contribution is 2.20. The van der Waals surface area contributed by atoms with Gasteiger partial charge in [0.15, 0.2) is 0 Å². The number of rotatable bonds is 6. The summed E-state index contributed by atoms with van der Waals surface area (Å²) >= 11 is 0. The first kappa shape index (κ1) is 19.5. The van der Waals surface area contributed by atoms with Crippen LogP contribution in [0.5, 0.6) is 0 Å². The van der Waals surface area contributed by atoms with Crippen LogP contribution in [0.2, 0.25) is 0 Å². The molecule has 2 atom stereocenters. The molecule has 0 bridgehead atoms. The van der Waals surface area contributed by atoms with Crippen LogP contribution in [0.3, 0.4) is 0 Å². The molecule has 1 aliphatic heterocycles. The van der Waals surface area contributed by atoms with Gasteiger partial charge >= 0.3 is 0 Å². The van der Waals surface area contributed by atoms with Crippen molar-refractivity contribution in [2.45, 2.75) is 44.2 Å². The maximum atomic E-state index is 12.3. The number of amides is 1. The van der Waals surface area contributed by atoms with Gasteiger partial charge in [-0.3, -0.25) is 4.79 Å². The average molecular weight is 373 g/mol. The van der Waals surface area contributed by atoms with Gasteiger partial charge in [0.25, 0.3) is 0 Å². The van der Waals surface area contributed by atoms with Gasteiger partial charge in [0.1, 0.15) is 17.8 Å². The lowest BCUT2D eigenvalue weighted by Gasteiger charge is -2.23. The first-order valence-electron chi connectivity index (χ1n) is 9.58. The molecule has 0 spiro atoms. The summed E-state index contributed by atoms with van der Waals surface area (Å²) in [6, 6.07) is 15.2. The summed E-state index contributed by atoms with van der Waals surface area (Å²) in [5.74, 6) is -0.0742. The van der Waals surface area contributed by atoms with E-state index in [2.05, 4.69) is 21.7 Å². The predicted molar refractivity (Wildman–Crippen MR) is 106 cm³/mol. The summed E-state index contributed by atoms with van der Waals surface area (Å²) in [6.45, 7) is 0.858. The van der Waals surface area contributed by atoms with Crippen molar-refractivity contribution >= 4 is 5.91 Å². The summed E-state index contributed by atoms with van der Waals surface area (Å²) in [4.78, 5) is 16.4. The molecule has 2 heterocycles. The minimum atomic E-state index is -0.487. The van der Waals surface area contributed by atoms with Crippen molar-refractivity contribution in [3.05, 3.63) is 53.9 Å². The Bertz CT molecular complexity index is 871. The highest BCUT2D eigenvalue weighted by Gasteiger charge is 2.22. The van der Waals surface area contributed by atoms with Gasteiger partial charge in [-0.05, 0) is 55.5 Å². The maximum absolute atomic E-state index is 12.3. The van der Waals surface area contributed by atoms with Gasteiger partial charge in [-0.25, -0.2) is 4.98 Å². The molecular weight excluding hydrogens is 350 g/mol. The molecule has 0 saturated carbocycles. The third-order valence-corrected chi connectivity index (χ3v) is 4.99. The number of nitriles is 2. The van der Waals surface area contributed by atoms with E-state index in [1.54, 1.807) is 12.3 Å². The van der Waals surface area contributed by atoms with E-state index in [1.165, 1.54) is 0 Å². The third-order valence-electron chi connectivity index (χ3n) is 4.99. The van der Waals surface area contributed by atoms with Crippen LogP contribution in [0.25, 0.3) is 11.1 Å². The van der Waals surface area contributed by atoms with Crippen LogP contribution in [-0.4, -0.2) is 29.5 Å². The zero-order chi connectivity index (χ0) is 19.8. The van der Waals surface area contributed by atoms with Gasteiger partial charge in [0.05, 0.1) is 12.1 Å². The molecule has 1 aliphatic rings. The Hall–Kier alpha value is -3.22. The number of carbonyl (C=O) groups is 1. The summed E-state index contributed by atoms with van der Waals surface area (Å²) in [6.07, 6.45) is 5.95. The molecule has 28 heavy (non-hydrogen) atoms. The Balaban J connectivity index is 1.53. The number of pyridine rings is 1. The lowest BCUT2D eigenvalue weighted by atomic mass is 10.0. The van der Waals surface area contributed by atoms with Crippen LogP contribution < -0.4 is 10.6 Å². The van der Waals surface area contributed by atoms with E-state index in [0.717, 1.165) is 42.5 Å². The largest absolute Gasteiger partial charge is 0.339 e. The molecule has 2 N–H and O–H groups in total. The number of aryl methyl sites for hydroxylation is 1. The average Bonchev–Trinajstić information content (AvgIpc) is 2.77. The number of nitrogens with zero attached hydrogens (tertiary/aromatic N) is 3. The predicted octanol–water partition coefficient (Wildman–Crippen LogP) is 2.70. The van der Waals surface area contributed by atoms with E-state index in [-0.39, 0.29) is 11.9 Å². The Morgan fingerprint density at radius 3 is 2.57 bits per heavy atom. The third kappa shape index (κ3) is 5.16. The normalized spacial score (nSPS) is 17.1. The SMILES string of the molecule is N#Cc1ccc(-c2ccc(CC[C@@H](C#N)NC(=O)[C@@H]3CCCCN3)cc2)cn1. The van der Waals surface area contributed by atoms with Crippen molar-refractivity contribution in [3.8, 4) is 23.3 Å². The second kappa shape index (κ2) is 9.64. The van der Waals surface area contributed by atoms with E-state index in [0.29, 0.717) is 18.5 Å². The molecule has 142 valence electrons. The highest BCUT2D eigenvalue weighted by molar-refractivity contribution is 5.82. The zero-order valence-electron chi connectivity index (χ0n) is 15.7. The summed E-state index contributed by atoms with van der Waals surface area (Å²) < 4.78 is 0. The zero-order valence-corrected chi connectivity index (χ0v) is 15.7. The van der Waals surface area contributed by atoms with Gasteiger partial charge in [0.2, 0.25) is 5.91 Å². The molecule has 0 unspecified atom stereocenters. The maximum Gasteiger partial charge on any atom is 0.238 e. The quantitative estimate of drug-likeness (QED) is 0.811. The molecule has 1 amide bonds. The number of hydrogen-bond acceptors (Lipinski definition) is 5. The standard InChI is InChI=1S/C22H23N5O/c23-13-19-11-9-18(15-26-19)17-7-4-16(5-8-17)6-10-20(14-24)27-22(28)21-3-1-2-12-25-21/h4-5,7-9,11,15,20-21,25H,1-3,6,10,12H2,(H,27,28)/t20-,21-/m0/s1. The number of hydrogen-bond donors (Lipinski definition) is 2. The summed E-state index contributed by atoms with van der Waals surface area (Å²) in [7, 11) is 0. The van der Waals surface area contributed by atoms with Gasteiger partial charge in [0, 0.05) is 11.8 Å².